The van der Waals surface area contributed by atoms with E-state index in [1.165, 1.54) is 23.9 Å². The Bertz CT molecular complexity index is 1110. The molecule has 2 aliphatic rings. The maximum absolute atomic E-state index is 12.9. The molecule has 1 aliphatic heterocycles. The van der Waals surface area contributed by atoms with Gasteiger partial charge in [-0.25, -0.2) is 17.9 Å². The molecule has 0 radical (unpaired) electrons. The molecule has 1 aromatic heterocycles. The predicted molar refractivity (Wildman–Crippen MR) is 111 cm³/mol. The van der Waals surface area contributed by atoms with Crippen molar-refractivity contribution >= 4 is 21.6 Å². The number of hydrogen-bond acceptors (Lipinski definition) is 6. The molecular weight excluding hydrogens is 447 g/mol. The molecule has 174 valence electrons. The Labute approximate surface area is 184 Å². The smallest absolute Gasteiger partial charge is 0.416 e. The number of alkyl halides is 3. The van der Waals surface area contributed by atoms with Gasteiger partial charge in [-0.3, -0.25) is 0 Å². The van der Waals surface area contributed by atoms with Crippen LogP contribution in [-0.2, 0) is 25.5 Å². The Hall–Kier alpha value is -2.56. The van der Waals surface area contributed by atoms with E-state index < -0.39 is 38.8 Å². The Morgan fingerprint density at radius 1 is 1.22 bits per heavy atom. The van der Waals surface area contributed by atoms with Crippen LogP contribution in [0.1, 0.15) is 30.5 Å². The Morgan fingerprint density at radius 2 is 1.88 bits per heavy atom. The maximum Gasteiger partial charge on any atom is 0.416 e. The van der Waals surface area contributed by atoms with Crippen molar-refractivity contribution in [3.05, 3.63) is 41.6 Å². The van der Waals surface area contributed by atoms with Gasteiger partial charge in [-0.1, -0.05) is 0 Å². The van der Waals surface area contributed by atoms with Crippen LogP contribution in [0.3, 0.4) is 0 Å². The van der Waals surface area contributed by atoms with E-state index in [2.05, 4.69) is 5.10 Å². The minimum Gasteiger partial charge on any atom is -0.467 e. The maximum atomic E-state index is 12.9. The van der Waals surface area contributed by atoms with Gasteiger partial charge in [-0.15, -0.1) is 0 Å². The van der Waals surface area contributed by atoms with Gasteiger partial charge < -0.3 is 9.64 Å². The first-order chi connectivity index (χ1) is 15.0. The molecule has 2 aromatic rings. The highest BCUT2D eigenvalue weighted by atomic mass is 32.2. The van der Waals surface area contributed by atoms with Crippen molar-refractivity contribution < 1.29 is 31.1 Å². The molecule has 0 N–H and O–H groups in total. The Balaban J connectivity index is 1.69. The van der Waals surface area contributed by atoms with E-state index >= 15 is 0 Å². The number of aryl methyl sites for hydroxylation is 1. The van der Waals surface area contributed by atoms with Gasteiger partial charge in [-0.2, -0.15) is 18.3 Å². The molecule has 7 nitrogen and oxygen atoms in total. The number of anilines is 1. The molecule has 2 atom stereocenters. The fraction of sp³-hybridized carbons (Fsp3) is 0.524. The number of aromatic nitrogens is 2. The van der Waals surface area contributed by atoms with Crippen LogP contribution in [0.15, 0.2) is 30.3 Å². The third kappa shape index (κ3) is 4.48. The van der Waals surface area contributed by atoms with Crippen LogP contribution >= 0.6 is 0 Å². The lowest BCUT2D eigenvalue weighted by Crippen LogP contribution is -2.38. The second-order valence-electron chi connectivity index (χ2n) is 8.42. The highest BCUT2D eigenvalue weighted by Gasteiger charge is 2.46. The topological polar surface area (TPSA) is 81.5 Å². The van der Waals surface area contributed by atoms with Crippen molar-refractivity contribution in [3.63, 3.8) is 0 Å². The van der Waals surface area contributed by atoms with Crippen LogP contribution in [0.5, 0.6) is 0 Å². The molecule has 0 amide bonds. The average Bonchev–Trinajstić information content (AvgIpc) is 3.26. The summed E-state index contributed by atoms with van der Waals surface area (Å²) in [7, 11) is -2.17. The lowest BCUT2D eigenvalue weighted by molar-refractivity contribution is -0.142. The van der Waals surface area contributed by atoms with Crippen molar-refractivity contribution in [2.45, 2.75) is 43.7 Å². The second kappa shape index (κ2) is 8.09. The number of benzene rings is 1. The van der Waals surface area contributed by atoms with Crippen LogP contribution in [0.25, 0.3) is 5.69 Å². The molecule has 2 heterocycles. The highest BCUT2D eigenvalue weighted by Crippen LogP contribution is 2.36. The molecule has 1 aromatic carbocycles. The van der Waals surface area contributed by atoms with E-state index in [0.29, 0.717) is 17.2 Å². The summed E-state index contributed by atoms with van der Waals surface area (Å²) in [6.45, 7) is 1.80. The molecule has 32 heavy (non-hydrogen) atoms. The van der Waals surface area contributed by atoms with Crippen LogP contribution in [0.2, 0.25) is 0 Å². The first kappa shape index (κ1) is 22.6. The molecule has 11 heteroatoms. The van der Waals surface area contributed by atoms with E-state index in [9.17, 15) is 26.4 Å². The lowest BCUT2D eigenvalue weighted by Gasteiger charge is -2.25. The van der Waals surface area contributed by atoms with E-state index in [1.54, 1.807) is 17.9 Å². The van der Waals surface area contributed by atoms with Crippen LogP contribution in [-0.4, -0.2) is 54.9 Å². The summed E-state index contributed by atoms with van der Waals surface area (Å²) in [5.41, 5.74) is 0.160. The third-order valence-corrected chi connectivity index (χ3v) is 8.25. The van der Waals surface area contributed by atoms with E-state index in [0.717, 1.165) is 25.0 Å². The summed E-state index contributed by atoms with van der Waals surface area (Å²) < 4.78 is 71.0. The van der Waals surface area contributed by atoms with Crippen molar-refractivity contribution in [3.8, 4) is 5.69 Å². The molecule has 1 saturated carbocycles. The second-order valence-corrected chi connectivity index (χ2v) is 10.7. The zero-order valence-corrected chi connectivity index (χ0v) is 18.5. The van der Waals surface area contributed by atoms with Crippen LogP contribution < -0.4 is 4.90 Å². The number of esters is 1. The average molecular weight is 472 g/mol. The number of sulfone groups is 1. The molecule has 2 fully saturated rings. The van der Waals surface area contributed by atoms with E-state index in [1.807, 2.05) is 0 Å². The standard InChI is InChI=1S/C21H24F3N3O4S/c1-13-9-19(27(25-13)16-7-5-15(6-8-16)21(22,23)24)26-11-17(10-18(26)20(28)31-2)32(29,30)12-14-3-4-14/h5-9,14,17-18H,3-4,10-12H2,1-2H3. The van der Waals surface area contributed by atoms with Gasteiger partial charge in [0.05, 0.1) is 35.1 Å². The van der Waals surface area contributed by atoms with Gasteiger partial charge in [0.25, 0.3) is 0 Å². The van der Waals surface area contributed by atoms with Crippen molar-refractivity contribution in [2.75, 3.05) is 24.3 Å². The number of hydrogen-bond donors (Lipinski definition) is 0. The molecule has 2 unspecified atom stereocenters. The van der Waals surface area contributed by atoms with Crippen molar-refractivity contribution in [1.29, 1.82) is 0 Å². The number of ether oxygens (including phenoxy) is 1. The summed E-state index contributed by atoms with van der Waals surface area (Å²) in [6.07, 6.45) is -2.57. The van der Waals surface area contributed by atoms with Crippen molar-refractivity contribution in [2.24, 2.45) is 5.92 Å². The summed E-state index contributed by atoms with van der Waals surface area (Å²) in [4.78, 5) is 14.1. The number of carbonyl (C=O) groups is 1. The van der Waals surface area contributed by atoms with Gasteiger partial charge in [0, 0.05) is 12.6 Å². The molecule has 0 spiro atoms. The number of nitrogens with zero attached hydrogens (tertiary/aromatic N) is 3. The summed E-state index contributed by atoms with van der Waals surface area (Å²) in [6, 6.07) is 5.36. The lowest BCUT2D eigenvalue weighted by atomic mass is 10.2. The van der Waals surface area contributed by atoms with Crippen molar-refractivity contribution in [1.82, 2.24) is 9.78 Å². The quantitative estimate of drug-likeness (QED) is 0.602. The first-order valence-corrected chi connectivity index (χ1v) is 12.0. The van der Waals surface area contributed by atoms with Crippen LogP contribution in [0.4, 0.5) is 19.0 Å². The molecular formula is C21H24F3N3O4S. The monoisotopic (exact) mass is 471 g/mol. The number of rotatable bonds is 6. The number of halogens is 3. The summed E-state index contributed by atoms with van der Waals surface area (Å²) in [5.74, 6) is 0.163. The van der Waals surface area contributed by atoms with Gasteiger partial charge >= 0.3 is 12.1 Å². The summed E-state index contributed by atoms with van der Waals surface area (Å²) >= 11 is 0. The number of methoxy groups -OCH3 is 1. The largest absolute Gasteiger partial charge is 0.467 e. The number of carbonyl (C=O) groups excluding carboxylic acids is 1. The van der Waals surface area contributed by atoms with E-state index in [-0.39, 0.29) is 24.6 Å². The zero-order chi connectivity index (χ0) is 23.3. The normalized spacial score (nSPS) is 21.7. The van der Waals surface area contributed by atoms with Gasteiger partial charge in [0.1, 0.15) is 11.9 Å². The zero-order valence-electron chi connectivity index (χ0n) is 17.7. The Morgan fingerprint density at radius 3 is 2.44 bits per heavy atom. The van der Waals surface area contributed by atoms with Gasteiger partial charge in [0.2, 0.25) is 0 Å². The Kier molecular flexibility index (Phi) is 5.72. The fourth-order valence-corrected chi connectivity index (χ4v) is 6.22. The SMILES string of the molecule is COC(=O)C1CC(S(=O)(=O)CC2CC2)CN1c1cc(C)nn1-c1ccc(C(F)(F)F)cc1. The summed E-state index contributed by atoms with van der Waals surface area (Å²) in [5, 5.41) is 3.64. The highest BCUT2D eigenvalue weighted by molar-refractivity contribution is 7.92. The first-order valence-electron chi connectivity index (χ1n) is 10.3. The molecule has 4 rings (SSSR count). The van der Waals surface area contributed by atoms with Crippen LogP contribution in [0, 0.1) is 12.8 Å². The molecule has 1 aliphatic carbocycles. The van der Waals surface area contributed by atoms with Gasteiger partial charge in [0.15, 0.2) is 9.84 Å². The van der Waals surface area contributed by atoms with Gasteiger partial charge in [-0.05, 0) is 56.4 Å². The third-order valence-electron chi connectivity index (χ3n) is 5.95. The fourth-order valence-electron chi connectivity index (χ4n) is 4.09. The van der Waals surface area contributed by atoms with E-state index in [4.69, 9.17) is 4.74 Å². The minimum absolute atomic E-state index is 0.0839. The molecule has 1 saturated heterocycles. The molecule has 0 bridgehead atoms. The minimum atomic E-state index is -4.46. The predicted octanol–water partition coefficient (Wildman–Crippen LogP) is 3.14.